The van der Waals surface area contributed by atoms with Gasteiger partial charge >= 0.3 is 5.97 Å². The van der Waals surface area contributed by atoms with Crippen molar-refractivity contribution in [3.8, 4) is 0 Å². The predicted octanol–water partition coefficient (Wildman–Crippen LogP) is 2.63. The summed E-state index contributed by atoms with van der Waals surface area (Å²) in [5.41, 5.74) is 0. The minimum Gasteiger partial charge on any atom is -0.466 e. The highest BCUT2D eigenvalue weighted by molar-refractivity contribution is 5.82. The van der Waals surface area contributed by atoms with Crippen LogP contribution in [0, 0.1) is 0 Å². The van der Waals surface area contributed by atoms with E-state index in [0.29, 0.717) is 0 Å². The molecule has 0 spiro atoms. The van der Waals surface area contributed by atoms with E-state index in [-0.39, 0.29) is 5.97 Å². The molecule has 0 amide bonds. The summed E-state index contributed by atoms with van der Waals surface area (Å²) >= 11 is 0. The molecule has 0 aliphatic rings. The summed E-state index contributed by atoms with van der Waals surface area (Å²) in [4.78, 5) is 10.6. The minimum absolute atomic E-state index is 0.331. The lowest BCUT2D eigenvalue weighted by Crippen LogP contribution is -1.92. The second kappa shape index (κ2) is 8.78. The van der Waals surface area contributed by atoms with Gasteiger partial charge in [-0.05, 0) is 6.42 Å². The van der Waals surface area contributed by atoms with Gasteiger partial charge in [-0.3, -0.25) is 0 Å². The summed E-state index contributed by atoms with van der Waals surface area (Å²) in [6, 6.07) is 0. The SMILES string of the molecule is CCCC=CC=C/C=C/C(=O)OC. The third kappa shape index (κ3) is 8.60. The molecule has 0 aliphatic heterocycles. The van der Waals surface area contributed by atoms with Crippen LogP contribution in [0.4, 0.5) is 0 Å². The average Bonchev–Trinajstić information content (AvgIpc) is 2.16. The first kappa shape index (κ1) is 11.7. The van der Waals surface area contributed by atoms with E-state index in [0.717, 1.165) is 12.8 Å². The van der Waals surface area contributed by atoms with Gasteiger partial charge in [0, 0.05) is 6.08 Å². The molecule has 0 fully saturated rings. The highest BCUT2D eigenvalue weighted by Gasteiger charge is 1.85. The van der Waals surface area contributed by atoms with Crippen LogP contribution in [0.2, 0.25) is 0 Å². The first-order valence-electron chi connectivity index (χ1n) is 4.39. The van der Waals surface area contributed by atoms with Gasteiger partial charge in [0.25, 0.3) is 0 Å². The fourth-order valence-corrected chi connectivity index (χ4v) is 0.672. The van der Waals surface area contributed by atoms with E-state index in [9.17, 15) is 4.79 Å². The Hall–Kier alpha value is -1.31. The number of hydrogen-bond donors (Lipinski definition) is 0. The summed E-state index contributed by atoms with van der Waals surface area (Å²) in [5, 5.41) is 0. The van der Waals surface area contributed by atoms with Crippen LogP contribution in [0.5, 0.6) is 0 Å². The van der Waals surface area contributed by atoms with Gasteiger partial charge < -0.3 is 4.74 Å². The molecule has 0 aromatic carbocycles. The molecule has 72 valence electrons. The number of hydrogen-bond acceptors (Lipinski definition) is 2. The van der Waals surface area contributed by atoms with Crippen LogP contribution in [0.15, 0.2) is 36.5 Å². The lowest BCUT2D eigenvalue weighted by atomic mass is 10.3. The lowest BCUT2D eigenvalue weighted by Gasteiger charge is -1.85. The van der Waals surface area contributed by atoms with Crippen LogP contribution >= 0.6 is 0 Å². The fourth-order valence-electron chi connectivity index (χ4n) is 0.672. The van der Waals surface area contributed by atoms with Crippen molar-refractivity contribution in [1.82, 2.24) is 0 Å². The lowest BCUT2D eigenvalue weighted by molar-refractivity contribution is -0.134. The molecular formula is C11H16O2. The molecule has 0 saturated carbocycles. The number of ether oxygens (including phenoxy) is 1. The van der Waals surface area contributed by atoms with E-state index in [1.54, 1.807) is 12.2 Å². The maximum Gasteiger partial charge on any atom is 0.330 e. The molecule has 0 atom stereocenters. The zero-order valence-corrected chi connectivity index (χ0v) is 8.19. The van der Waals surface area contributed by atoms with E-state index >= 15 is 0 Å². The third-order valence-corrected chi connectivity index (χ3v) is 1.36. The topological polar surface area (TPSA) is 26.3 Å². The molecule has 0 saturated heterocycles. The Morgan fingerprint density at radius 1 is 1.23 bits per heavy atom. The minimum atomic E-state index is -0.331. The van der Waals surface area contributed by atoms with Crippen LogP contribution in [0.25, 0.3) is 0 Å². The molecule has 0 heterocycles. The highest BCUT2D eigenvalue weighted by atomic mass is 16.5. The largest absolute Gasteiger partial charge is 0.466 e. The predicted molar refractivity (Wildman–Crippen MR) is 54.3 cm³/mol. The second-order valence-corrected chi connectivity index (χ2v) is 2.48. The van der Waals surface area contributed by atoms with Crippen molar-refractivity contribution in [2.45, 2.75) is 19.8 Å². The fraction of sp³-hybridized carbons (Fsp3) is 0.364. The molecule has 0 bridgehead atoms. The van der Waals surface area contributed by atoms with E-state index in [1.165, 1.54) is 13.2 Å². The Labute approximate surface area is 79.6 Å². The zero-order chi connectivity index (χ0) is 9.94. The Morgan fingerprint density at radius 3 is 2.54 bits per heavy atom. The summed E-state index contributed by atoms with van der Waals surface area (Å²) in [5.74, 6) is -0.331. The molecule has 0 aromatic heterocycles. The molecule has 0 unspecified atom stereocenters. The molecule has 0 rings (SSSR count). The van der Waals surface area contributed by atoms with Gasteiger partial charge in [0.2, 0.25) is 0 Å². The van der Waals surface area contributed by atoms with Gasteiger partial charge in [0.15, 0.2) is 0 Å². The Balaban J connectivity index is 3.62. The number of carbonyl (C=O) groups excluding carboxylic acids is 1. The number of allylic oxidation sites excluding steroid dienone is 5. The zero-order valence-electron chi connectivity index (χ0n) is 8.19. The maximum atomic E-state index is 10.6. The van der Waals surface area contributed by atoms with Crippen molar-refractivity contribution >= 4 is 5.97 Å². The number of unbranched alkanes of at least 4 members (excludes halogenated alkanes) is 1. The summed E-state index contributed by atoms with van der Waals surface area (Å²) in [6.45, 7) is 2.13. The summed E-state index contributed by atoms with van der Waals surface area (Å²) in [7, 11) is 1.36. The van der Waals surface area contributed by atoms with Crippen LogP contribution in [0.3, 0.4) is 0 Å². The van der Waals surface area contributed by atoms with E-state index in [4.69, 9.17) is 0 Å². The first-order valence-corrected chi connectivity index (χ1v) is 4.39. The van der Waals surface area contributed by atoms with Crippen LogP contribution in [0.1, 0.15) is 19.8 Å². The monoisotopic (exact) mass is 180 g/mol. The standard InChI is InChI=1S/C11H16O2/c1-3-4-5-6-7-8-9-10-11(12)13-2/h5-10H,3-4H2,1-2H3/b6-5?,8-7?,10-9+. The third-order valence-electron chi connectivity index (χ3n) is 1.36. The van der Waals surface area contributed by atoms with Gasteiger partial charge in [0.05, 0.1) is 7.11 Å². The Bertz CT molecular complexity index is 212. The number of esters is 1. The number of carbonyl (C=O) groups is 1. The molecule has 2 nitrogen and oxygen atoms in total. The molecule has 0 aromatic rings. The molecule has 0 radical (unpaired) electrons. The van der Waals surface area contributed by atoms with Gasteiger partial charge in [-0.2, -0.15) is 0 Å². The van der Waals surface area contributed by atoms with Crippen molar-refractivity contribution in [3.05, 3.63) is 36.5 Å². The van der Waals surface area contributed by atoms with Crippen molar-refractivity contribution in [3.63, 3.8) is 0 Å². The highest BCUT2D eigenvalue weighted by Crippen LogP contribution is 1.89. The molecule has 0 aliphatic carbocycles. The van der Waals surface area contributed by atoms with E-state index in [1.807, 2.05) is 12.2 Å². The van der Waals surface area contributed by atoms with Gasteiger partial charge in [0.1, 0.15) is 0 Å². The van der Waals surface area contributed by atoms with E-state index < -0.39 is 0 Å². The molecule has 13 heavy (non-hydrogen) atoms. The average molecular weight is 180 g/mol. The molecule has 0 N–H and O–H groups in total. The second-order valence-electron chi connectivity index (χ2n) is 2.48. The van der Waals surface area contributed by atoms with Crippen LogP contribution in [-0.4, -0.2) is 13.1 Å². The molecule has 2 heteroatoms. The normalized spacial score (nSPS) is 11.8. The van der Waals surface area contributed by atoms with Crippen molar-refractivity contribution in [2.75, 3.05) is 7.11 Å². The molecular weight excluding hydrogens is 164 g/mol. The van der Waals surface area contributed by atoms with Crippen molar-refractivity contribution in [2.24, 2.45) is 0 Å². The Morgan fingerprint density at radius 2 is 1.92 bits per heavy atom. The summed E-state index contributed by atoms with van der Waals surface area (Å²) in [6.07, 6.45) is 13.0. The van der Waals surface area contributed by atoms with Gasteiger partial charge in [-0.1, -0.05) is 43.7 Å². The quantitative estimate of drug-likeness (QED) is 0.369. The smallest absolute Gasteiger partial charge is 0.330 e. The van der Waals surface area contributed by atoms with Crippen LogP contribution in [-0.2, 0) is 9.53 Å². The number of methoxy groups -OCH3 is 1. The van der Waals surface area contributed by atoms with Gasteiger partial charge in [-0.25, -0.2) is 4.79 Å². The number of rotatable bonds is 5. The first-order chi connectivity index (χ1) is 6.31. The van der Waals surface area contributed by atoms with Crippen molar-refractivity contribution in [1.29, 1.82) is 0 Å². The van der Waals surface area contributed by atoms with Gasteiger partial charge in [-0.15, -0.1) is 0 Å². The Kier molecular flexibility index (Phi) is 7.90. The summed E-state index contributed by atoms with van der Waals surface area (Å²) < 4.78 is 4.42. The van der Waals surface area contributed by atoms with E-state index in [2.05, 4.69) is 17.7 Å². The maximum absolute atomic E-state index is 10.6. The van der Waals surface area contributed by atoms with Crippen molar-refractivity contribution < 1.29 is 9.53 Å². The van der Waals surface area contributed by atoms with Crippen LogP contribution < -0.4 is 0 Å².